The van der Waals surface area contributed by atoms with Crippen molar-refractivity contribution in [2.45, 2.75) is 0 Å². The first-order chi connectivity index (χ1) is 5.86. The third-order valence-electron chi connectivity index (χ3n) is 1.75. The molecule has 0 saturated carbocycles. The SMILES string of the molecule is Fc1ccc(C2=C=CC=C2)cc1. The van der Waals surface area contributed by atoms with Gasteiger partial charge in [-0.15, -0.1) is 5.73 Å². The number of hydrogen-bond donors (Lipinski definition) is 0. The zero-order valence-electron chi connectivity index (χ0n) is 6.42. The summed E-state index contributed by atoms with van der Waals surface area (Å²) in [7, 11) is 0. The van der Waals surface area contributed by atoms with Gasteiger partial charge in [0.05, 0.1) is 0 Å². The molecule has 0 aliphatic heterocycles. The second kappa shape index (κ2) is 2.80. The molecule has 0 bridgehead atoms. The molecule has 12 heavy (non-hydrogen) atoms. The van der Waals surface area contributed by atoms with E-state index in [-0.39, 0.29) is 5.82 Å². The average molecular weight is 158 g/mol. The molecular formula is C11H7F. The molecule has 0 heterocycles. The monoisotopic (exact) mass is 158 g/mol. The Morgan fingerprint density at radius 1 is 1.08 bits per heavy atom. The van der Waals surface area contributed by atoms with Crippen molar-refractivity contribution >= 4 is 5.57 Å². The van der Waals surface area contributed by atoms with E-state index in [2.05, 4.69) is 5.73 Å². The fourth-order valence-electron chi connectivity index (χ4n) is 1.14. The van der Waals surface area contributed by atoms with Gasteiger partial charge in [0, 0.05) is 5.57 Å². The Kier molecular flexibility index (Phi) is 1.65. The van der Waals surface area contributed by atoms with Gasteiger partial charge in [0.2, 0.25) is 0 Å². The van der Waals surface area contributed by atoms with E-state index >= 15 is 0 Å². The van der Waals surface area contributed by atoms with Crippen molar-refractivity contribution in [1.29, 1.82) is 0 Å². The van der Waals surface area contributed by atoms with E-state index in [0.29, 0.717) is 0 Å². The van der Waals surface area contributed by atoms with Crippen molar-refractivity contribution in [3.05, 3.63) is 59.6 Å². The van der Waals surface area contributed by atoms with E-state index in [1.54, 1.807) is 12.1 Å². The van der Waals surface area contributed by atoms with Crippen LogP contribution in [0.15, 0.2) is 48.2 Å². The lowest BCUT2D eigenvalue weighted by molar-refractivity contribution is 0.627. The highest BCUT2D eigenvalue weighted by Crippen LogP contribution is 2.17. The van der Waals surface area contributed by atoms with Crippen molar-refractivity contribution < 1.29 is 4.39 Å². The minimum atomic E-state index is -0.203. The summed E-state index contributed by atoms with van der Waals surface area (Å²) in [6.45, 7) is 0. The van der Waals surface area contributed by atoms with Crippen LogP contribution in [0.4, 0.5) is 4.39 Å². The first kappa shape index (κ1) is 7.08. The molecule has 0 atom stereocenters. The maximum atomic E-state index is 12.5. The Balaban J connectivity index is 2.42. The minimum absolute atomic E-state index is 0.203. The van der Waals surface area contributed by atoms with Crippen molar-refractivity contribution in [2.24, 2.45) is 0 Å². The number of benzene rings is 1. The van der Waals surface area contributed by atoms with Gasteiger partial charge in [-0.25, -0.2) is 4.39 Å². The van der Waals surface area contributed by atoms with E-state index in [9.17, 15) is 4.39 Å². The third kappa shape index (κ3) is 1.23. The summed E-state index contributed by atoms with van der Waals surface area (Å²) in [6.07, 6.45) is 5.71. The zero-order valence-corrected chi connectivity index (χ0v) is 6.42. The quantitative estimate of drug-likeness (QED) is 0.551. The molecule has 0 saturated heterocycles. The maximum absolute atomic E-state index is 12.5. The van der Waals surface area contributed by atoms with Crippen LogP contribution in [0.1, 0.15) is 5.56 Å². The molecule has 1 aromatic rings. The number of rotatable bonds is 1. The molecule has 1 aromatic carbocycles. The summed E-state index contributed by atoms with van der Waals surface area (Å²) < 4.78 is 12.5. The Morgan fingerprint density at radius 2 is 1.83 bits per heavy atom. The molecule has 0 nitrogen and oxygen atoms in total. The average Bonchev–Trinajstić information content (AvgIpc) is 2.58. The van der Waals surface area contributed by atoms with E-state index in [1.165, 1.54) is 12.1 Å². The largest absolute Gasteiger partial charge is 0.207 e. The highest BCUT2D eigenvalue weighted by molar-refractivity contribution is 5.75. The lowest BCUT2D eigenvalue weighted by Gasteiger charge is -1.96. The Bertz CT molecular complexity index is 376. The van der Waals surface area contributed by atoms with E-state index in [4.69, 9.17) is 0 Å². The topological polar surface area (TPSA) is 0 Å². The van der Waals surface area contributed by atoms with Gasteiger partial charge < -0.3 is 0 Å². The molecular weight excluding hydrogens is 151 g/mol. The summed E-state index contributed by atoms with van der Waals surface area (Å²) in [4.78, 5) is 0. The third-order valence-corrected chi connectivity index (χ3v) is 1.75. The predicted octanol–water partition coefficient (Wildman–Crippen LogP) is 2.93. The van der Waals surface area contributed by atoms with Gasteiger partial charge >= 0.3 is 0 Å². The van der Waals surface area contributed by atoms with Crippen LogP contribution in [-0.2, 0) is 0 Å². The predicted molar refractivity (Wildman–Crippen MR) is 47.0 cm³/mol. The lowest BCUT2D eigenvalue weighted by atomic mass is 10.1. The van der Waals surface area contributed by atoms with Crippen LogP contribution in [0.3, 0.4) is 0 Å². The second-order valence-electron chi connectivity index (χ2n) is 2.59. The summed E-state index contributed by atoms with van der Waals surface area (Å²) in [5.74, 6) is -0.203. The van der Waals surface area contributed by atoms with E-state index < -0.39 is 0 Å². The summed E-state index contributed by atoms with van der Waals surface area (Å²) in [5.41, 5.74) is 5.06. The Hall–Kier alpha value is -1.59. The molecule has 58 valence electrons. The van der Waals surface area contributed by atoms with Gasteiger partial charge in [0.15, 0.2) is 0 Å². The highest BCUT2D eigenvalue weighted by Gasteiger charge is 1.98. The summed E-state index contributed by atoms with van der Waals surface area (Å²) in [6, 6.07) is 6.41. The van der Waals surface area contributed by atoms with Crippen LogP contribution in [0, 0.1) is 5.82 Å². The number of halogens is 1. The molecule has 0 fully saturated rings. The lowest BCUT2D eigenvalue weighted by Crippen LogP contribution is -1.78. The Morgan fingerprint density at radius 3 is 2.42 bits per heavy atom. The molecule has 1 aliphatic carbocycles. The van der Waals surface area contributed by atoms with Crippen LogP contribution >= 0.6 is 0 Å². The molecule has 1 heteroatoms. The van der Waals surface area contributed by atoms with Gasteiger partial charge in [-0.2, -0.15) is 0 Å². The van der Waals surface area contributed by atoms with Crippen molar-refractivity contribution in [2.75, 3.05) is 0 Å². The molecule has 0 radical (unpaired) electrons. The molecule has 0 amide bonds. The zero-order chi connectivity index (χ0) is 8.39. The first-order valence-electron chi connectivity index (χ1n) is 3.75. The van der Waals surface area contributed by atoms with Gasteiger partial charge in [-0.1, -0.05) is 18.2 Å². The van der Waals surface area contributed by atoms with Crippen LogP contribution in [0.25, 0.3) is 5.57 Å². The Labute approximate surface area is 70.3 Å². The van der Waals surface area contributed by atoms with Crippen LogP contribution in [0.5, 0.6) is 0 Å². The molecule has 1 aliphatic rings. The van der Waals surface area contributed by atoms with Gasteiger partial charge in [0.25, 0.3) is 0 Å². The van der Waals surface area contributed by atoms with E-state index in [0.717, 1.165) is 11.1 Å². The van der Waals surface area contributed by atoms with Gasteiger partial charge in [-0.05, 0) is 29.8 Å². The smallest absolute Gasteiger partial charge is 0.123 e. The molecule has 0 N–H and O–H groups in total. The number of hydrogen-bond acceptors (Lipinski definition) is 0. The van der Waals surface area contributed by atoms with Crippen molar-refractivity contribution in [1.82, 2.24) is 0 Å². The van der Waals surface area contributed by atoms with Crippen molar-refractivity contribution in [3.8, 4) is 0 Å². The summed E-state index contributed by atoms with van der Waals surface area (Å²) >= 11 is 0. The maximum Gasteiger partial charge on any atom is 0.123 e. The fraction of sp³-hybridized carbons (Fsp3) is 0. The highest BCUT2D eigenvalue weighted by atomic mass is 19.1. The fourth-order valence-corrected chi connectivity index (χ4v) is 1.14. The van der Waals surface area contributed by atoms with Crippen LogP contribution in [-0.4, -0.2) is 0 Å². The normalized spacial score (nSPS) is 13.6. The first-order valence-corrected chi connectivity index (χ1v) is 3.75. The molecule has 0 unspecified atom stereocenters. The van der Waals surface area contributed by atoms with Gasteiger partial charge in [0.1, 0.15) is 5.82 Å². The molecule has 2 rings (SSSR count). The van der Waals surface area contributed by atoms with Crippen molar-refractivity contribution in [3.63, 3.8) is 0 Å². The molecule has 0 aromatic heterocycles. The van der Waals surface area contributed by atoms with Crippen LogP contribution in [0.2, 0.25) is 0 Å². The second-order valence-corrected chi connectivity index (χ2v) is 2.59. The molecule has 0 spiro atoms. The van der Waals surface area contributed by atoms with E-state index in [1.807, 2.05) is 18.2 Å². The van der Waals surface area contributed by atoms with Gasteiger partial charge in [-0.3, -0.25) is 0 Å². The minimum Gasteiger partial charge on any atom is -0.207 e. The standard InChI is InChI=1S/C11H7F/c12-11-7-5-10(6-8-11)9-3-1-2-4-9/h1-3,5-8H. The summed E-state index contributed by atoms with van der Waals surface area (Å²) in [5, 5.41) is 0. The van der Waals surface area contributed by atoms with Crippen LogP contribution < -0.4 is 0 Å². The number of allylic oxidation sites excluding steroid dienone is 3.